The van der Waals surface area contributed by atoms with E-state index >= 15 is 0 Å². The Balaban J connectivity index is 0.00000208. The largest absolute Gasteiger partial charge is 0.378 e. The number of carbonyl (C=O) groups excluding carboxylic acids is 2. The highest BCUT2D eigenvalue weighted by atomic mass is 35.5. The van der Waals surface area contributed by atoms with Crippen molar-refractivity contribution in [2.45, 2.75) is 12.5 Å². The summed E-state index contributed by atoms with van der Waals surface area (Å²) in [5.74, 6) is 0.180. The normalized spacial score (nSPS) is 21.1. The van der Waals surface area contributed by atoms with Gasteiger partial charge in [0.2, 0.25) is 5.91 Å². The van der Waals surface area contributed by atoms with E-state index in [2.05, 4.69) is 5.32 Å². The molecule has 6 nitrogen and oxygen atoms in total. The van der Waals surface area contributed by atoms with Crippen molar-refractivity contribution in [1.29, 1.82) is 0 Å². The molecule has 2 fully saturated rings. The highest BCUT2D eigenvalue weighted by Gasteiger charge is 2.26. The van der Waals surface area contributed by atoms with Gasteiger partial charge in [0, 0.05) is 50.7 Å². The Hall–Kier alpha value is -1.63. The van der Waals surface area contributed by atoms with Crippen molar-refractivity contribution >= 4 is 24.2 Å². The van der Waals surface area contributed by atoms with Crippen LogP contribution in [0.2, 0.25) is 0 Å². The number of rotatable bonds is 3. The van der Waals surface area contributed by atoms with Crippen LogP contribution in [0.4, 0.5) is 0 Å². The second-order valence-corrected chi connectivity index (χ2v) is 5.97. The van der Waals surface area contributed by atoms with E-state index in [0.29, 0.717) is 51.4 Å². The first kappa shape index (κ1) is 18.7. The molecule has 0 aromatic heterocycles. The maximum Gasteiger partial charge on any atom is 0.253 e. The van der Waals surface area contributed by atoms with Crippen molar-refractivity contribution in [3.8, 4) is 0 Å². The molecule has 1 aromatic rings. The molecule has 7 heteroatoms. The Kier molecular flexibility index (Phi) is 7.02. The number of carbonyl (C=O) groups is 2. The topological polar surface area (TPSA) is 61.9 Å². The van der Waals surface area contributed by atoms with Crippen molar-refractivity contribution in [2.75, 3.05) is 45.9 Å². The SMILES string of the molecule is Cl.O=C(CC1COCCN1)N1CCN(C(=O)c2ccccc2)CC1. The van der Waals surface area contributed by atoms with Crippen LogP contribution in [0.15, 0.2) is 30.3 Å². The van der Waals surface area contributed by atoms with Crippen molar-refractivity contribution in [2.24, 2.45) is 0 Å². The van der Waals surface area contributed by atoms with E-state index in [0.717, 1.165) is 6.54 Å². The number of amides is 2. The molecule has 3 rings (SSSR count). The number of nitrogens with one attached hydrogen (secondary N) is 1. The molecule has 1 N–H and O–H groups in total. The predicted octanol–water partition coefficient (Wildman–Crippen LogP) is 0.771. The fourth-order valence-corrected chi connectivity index (χ4v) is 3.01. The second kappa shape index (κ2) is 9.01. The summed E-state index contributed by atoms with van der Waals surface area (Å²) < 4.78 is 5.38. The fraction of sp³-hybridized carbons (Fsp3) is 0.529. The average Bonchev–Trinajstić information content (AvgIpc) is 2.63. The lowest BCUT2D eigenvalue weighted by molar-refractivity contribution is -0.133. The fourth-order valence-electron chi connectivity index (χ4n) is 3.01. The summed E-state index contributed by atoms with van der Waals surface area (Å²) in [6.45, 7) is 4.50. The first-order valence-electron chi connectivity index (χ1n) is 8.17. The lowest BCUT2D eigenvalue weighted by atomic mass is 10.1. The number of hydrogen-bond donors (Lipinski definition) is 1. The molecule has 2 amide bonds. The number of morpholine rings is 1. The first-order chi connectivity index (χ1) is 11.2. The first-order valence-corrected chi connectivity index (χ1v) is 8.17. The maximum atomic E-state index is 12.4. The van der Waals surface area contributed by atoms with Gasteiger partial charge in [-0.25, -0.2) is 0 Å². The van der Waals surface area contributed by atoms with Gasteiger partial charge in [-0.15, -0.1) is 12.4 Å². The molecule has 2 aliphatic heterocycles. The van der Waals surface area contributed by atoms with Crippen LogP contribution in [0.3, 0.4) is 0 Å². The van der Waals surface area contributed by atoms with Crippen LogP contribution in [0, 0.1) is 0 Å². The lowest BCUT2D eigenvalue weighted by Crippen LogP contribution is -2.52. The Morgan fingerprint density at radius 2 is 1.75 bits per heavy atom. The monoisotopic (exact) mass is 353 g/mol. The summed E-state index contributed by atoms with van der Waals surface area (Å²) in [5.41, 5.74) is 0.704. The minimum atomic E-state index is 0. The summed E-state index contributed by atoms with van der Waals surface area (Å²) >= 11 is 0. The summed E-state index contributed by atoms with van der Waals surface area (Å²) in [6, 6.07) is 9.40. The predicted molar refractivity (Wildman–Crippen MR) is 93.4 cm³/mol. The molecular weight excluding hydrogens is 330 g/mol. The minimum absolute atomic E-state index is 0. The molecule has 24 heavy (non-hydrogen) atoms. The van der Waals surface area contributed by atoms with Crippen LogP contribution >= 0.6 is 12.4 Å². The van der Waals surface area contributed by atoms with Crippen molar-refractivity contribution in [1.82, 2.24) is 15.1 Å². The molecule has 1 atom stereocenters. The summed E-state index contributed by atoms with van der Waals surface area (Å²) in [4.78, 5) is 28.4. The Morgan fingerprint density at radius 3 is 2.38 bits per heavy atom. The van der Waals surface area contributed by atoms with E-state index in [4.69, 9.17) is 4.74 Å². The van der Waals surface area contributed by atoms with Gasteiger partial charge in [-0.2, -0.15) is 0 Å². The van der Waals surface area contributed by atoms with Gasteiger partial charge in [0.1, 0.15) is 0 Å². The Labute approximate surface area is 148 Å². The highest BCUT2D eigenvalue weighted by molar-refractivity contribution is 5.94. The van der Waals surface area contributed by atoms with E-state index in [-0.39, 0.29) is 30.3 Å². The van der Waals surface area contributed by atoms with E-state index in [9.17, 15) is 9.59 Å². The highest BCUT2D eigenvalue weighted by Crippen LogP contribution is 2.10. The van der Waals surface area contributed by atoms with Crippen molar-refractivity contribution in [3.05, 3.63) is 35.9 Å². The Bertz CT molecular complexity index is 541. The van der Waals surface area contributed by atoms with Gasteiger partial charge in [-0.1, -0.05) is 18.2 Å². The molecule has 1 unspecified atom stereocenters. The molecule has 0 radical (unpaired) electrons. The molecule has 2 aliphatic rings. The molecular formula is C17H24ClN3O3. The second-order valence-electron chi connectivity index (χ2n) is 5.97. The summed E-state index contributed by atoms with van der Waals surface area (Å²) in [7, 11) is 0. The van der Waals surface area contributed by atoms with Crippen molar-refractivity contribution < 1.29 is 14.3 Å². The van der Waals surface area contributed by atoms with E-state index in [1.807, 2.05) is 40.1 Å². The number of benzene rings is 1. The van der Waals surface area contributed by atoms with E-state index < -0.39 is 0 Å². The van der Waals surface area contributed by atoms with Crippen LogP contribution in [0.1, 0.15) is 16.8 Å². The van der Waals surface area contributed by atoms with Gasteiger partial charge in [-0.05, 0) is 12.1 Å². The standard InChI is InChI=1S/C17H23N3O3.ClH/c21-16(12-15-13-23-11-6-18-15)19-7-9-20(10-8-19)17(22)14-4-2-1-3-5-14;/h1-5,15,18H,6-13H2;1H. The number of nitrogens with zero attached hydrogens (tertiary/aromatic N) is 2. The molecule has 0 saturated carbocycles. The van der Waals surface area contributed by atoms with Gasteiger partial charge < -0.3 is 19.9 Å². The van der Waals surface area contributed by atoms with Gasteiger partial charge >= 0.3 is 0 Å². The molecule has 0 spiro atoms. The molecule has 0 aliphatic carbocycles. The zero-order valence-electron chi connectivity index (χ0n) is 13.6. The van der Waals surface area contributed by atoms with E-state index in [1.165, 1.54) is 0 Å². The molecule has 2 saturated heterocycles. The molecule has 1 aromatic carbocycles. The summed E-state index contributed by atoms with van der Waals surface area (Å²) in [6.07, 6.45) is 0.465. The quantitative estimate of drug-likeness (QED) is 0.872. The zero-order chi connectivity index (χ0) is 16.1. The minimum Gasteiger partial charge on any atom is -0.378 e. The third-order valence-corrected chi connectivity index (χ3v) is 4.36. The third kappa shape index (κ3) is 4.69. The zero-order valence-corrected chi connectivity index (χ0v) is 14.5. The number of piperazine rings is 1. The molecule has 0 bridgehead atoms. The van der Waals surface area contributed by atoms with Crippen LogP contribution in [0.25, 0.3) is 0 Å². The van der Waals surface area contributed by atoms with Crippen LogP contribution in [0.5, 0.6) is 0 Å². The average molecular weight is 354 g/mol. The van der Waals surface area contributed by atoms with Crippen LogP contribution in [-0.2, 0) is 9.53 Å². The van der Waals surface area contributed by atoms with Gasteiger partial charge in [0.05, 0.1) is 13.2 Å². The smallest absolute Gasteiger partial charge is 0.253 e. The van der Waals surface area contributed by atoms with Crippen molar-refractivity contribution in [3.63, 3.8) is 0 Å². The third-order valence-electron chi connectivity index (χ3n) is 4.36. The maximum absolute atomic E-state index is 12.4. The number of ether oxygens (including phenoxy) is 1. The van der Waals surface area contributed by atoms with Gasteiger partial charge in [0.15, 0.2) is 0 Å². The van der Waals surface area contributed by atoms with Crippen LogP contribution in [-0.4, -0.2) is 73.6 Å². The van der Waals surface area contributed by atoms with Gasteiger partial charge in [0.25, 0.3) is 5.91 Å². The number of halogens is 1. The molecule has 132 valence electrons. The summed E-state index contributed by atoms with van der Waals surface area (Å²) in [5, 5.41) is 3.30. The van der Waals surface area contributed by atoms with Crippen LogP contribution < -0.4 is 5.32 Å². The van der Waals surface area contributed by atoms with Gasteiger partial charge in [-0.3, -0.25) is 9.59 Å². The Morgan fingerprint density at radius 1 is 1.08 bits per heavy atom. The van der Waals surface area contributed by atoms with E-state index in [1.54, 1.807) is 0 Å². The lowest BCUT2D eigenvalue weighted by Gasteiger charge is -2.36. The number of hydrogen-bond acceptors (Lipinski definition) is 4. The molecule has 2 heterocycles.